The van der Waals surface area contributed by atoms with E-state index in [-0.39, 0.29) is 11.3 Å². The summed E-state index contributed by atoms with van der Waals surface area (Å²) in [6.07, 6.45) is 3.23. The third-order valence-electron chi connectivity index (χ3n) is 4.03. The molecule has 0 aliphatic heterocycles. The highest BCUT2D eigenvalue weighted by Crippen LogP contribution is 2.13. The Bertz CT molecular complexity index is 1060. The second-order valence-electron chi connectivity index (χ2n) is 6.03. The molecule has 27 heavy (non-hydrogen) atoms. The summed E-state index contributed by atoms with van der Waals surface area (Å²) in [6.45, 7) is 2.50. The average Bonchev–Trinajstić information content (AvgIpc) is 2.67. The number of nitrogens with zero attached hydrogens (tertiary/aromatic N) is 3. The zero-order valence-electron chi connectivity index (χ0n) is 14.9. The number of unbranched alkanes of at least 4 members (excludes halogenated alkanes) is 1. The van der Waals surface area contributed by atoms with Crippen molar-refractivity contribution in [2.24, 2.45) is 5.10 Å². The molecule has 0 bridgehead atoms. The molecule has 3 aromatic rings. The zero-order chi connectivity index (χ0) is 19.2. The average molecular weight is 383 g/mol. The van der Waals surface area contributed by atoms with E-state index in [2.05, 4.69) is 15.6 Å². The molecule has 2 aromatic carbocycles. The predicted molar refractivity (Wildman–Crippen MR) is 107 cm³/mol. The van der Waals surface area contributed by atoms with Crippen LogP contribution >= 0.6 is 11.6 Å². The molecule has 0 unspecified atom stereocenters. The van der Waals surface area contributed by atoms with Crippen LogP contribution in [0.4, 0.5) is 0 Å². The van der Waals surface area contributed by atoms with Gasteiger partial charge in [0.1, 0.15) is 0 Å². The first kappa shape index (κ1) is 18.8. The van der Waals surface area contributed by atoms with Crippen LogP contribution in [-0.4, -0.2) is 21.9 Å². The van der Waals surface area contributed by atoms with Crippen molar-refractivity contribution in [2.75, 3.05) is 0 Å². The van der Waals surface area contributed by atoms with E-state index in [1.165, 1.54) is 10.9 Å². The Morgan fingerprint density at radius 1 is 1.22 bits per heavy atom. The molecule has 0 radical (unpaired) electrons. The fourth-order valence-electron chi connectivity index (χ4n) is 2.67. The number of carbonyl (C=O) groups is 1. The predicted octanol–water partition coefficient (Wildman–Crippen LogP) is 3.61. The number of aromatic nitrogens is 2. The number of fused-ring (bicyclic) bond motifs is 1. The van der Waals surface area contributed by atoms with E-state index in [4.69, 9.17) is 11.6 Å². The number of hydrogen-bond donors (Lipinski definition) is 1. The summed E-state index contributed by atoms with van der Waals surface area (Å²) in [5.74, 6) is -0.477. The Balaban J connectivity index is 1.91. The van der Waals surface area contributed by atoms with Crippen molar-refractivity contribution >= 4 is 34.5 Å². The van der Waals surface area contributed by atoms with Crippen LogP contribution < -0.4 is 11.0 Å². The molecule has 0 saturated heterocycles. The minimum atomic E-state index is -0.477. The van der Waals surface area contributed by atoms with Crippen molar-refractivity contribution in [3.05, 3.63) is 75.2 Å². The fraction of sp³-hybridized carbons (Fsp3) is 0.200. The van der Waals surface area contributed by atoms with Gasteiger partial charge < -0.3 is 0 Å². The van der Waals surface area contributed by atoms with Crippen molar-refractivity contribution in [3.8, 4) is 0 Å². The van der Waals surface area contributed by atoms with Crippen LogP contribution in [0.25, 0.3) is 10.8 Å². The highest BCUT2D eigenvalue weighted by Gasteiger charge is 2.16. The van der Waals surface area contributed by atoms with Crippen LogP contribution in [0.15, 0.2) is 58.4 Å². The molecular weight excluding hydrogens is 364 g/mol. The van der Waals surface area contributed by atoms with E-state index >= 15 is 0 Å². The normalized spacial score (nSPS) is 11.2. The Labute approximate surface area is 161 Å². The molecule has 138 valence electrons. The van der Waals surface area contributed by atoms with Crippen molar-refractivity contribution in [2.45, 2.75) is 26.3 Å². The summed E-state index contributed by atoms with van der Waals surface area (Å²) in [6, 6.07) is 14.1. The maximum atomic E-state index is 12.6. The highest BCUT2D eigenvalue weighted by atomic mass is 35.5. The molecule has 3 rings (SSSR count). The number of benzene rings is 2. The first-order valence-electron chi connectivity index (χ1n) is 8.69. The quantitative estimate of drug-likeness (QED) is 0.522. The van der Waals surface area contributed by atoms with E-state index in [0.717, 1.165) is 18.4 Å². The molecule has 1 aromatic heterocycles. The van der Waals surface area contributed by atoms with Crippen molar-refractivity contribution in [1.82, 2.24) is 15.2 Å². The molecular formula is C20H19ClN4O2. The van der Waals surface area contributed by atoms with Crippen molar-refractivity contribution < 1.29 is 4.79 Å². The molecule has 1 heterocycles. The second kappa shape index (κ2) is 8.60. The summed E-state index contributed by atoms with van der Waals surface area (Å²) in [5.41, 5.74) is 3.20. The lowest BCUT2D eigenvalue weighted by molar-refractivity contribution is 0.0949. The maximum Gasteiger partial charge on any atom is 0.292 e. The number of rotatable bonds is 6. The Hall–Kier alpha value is -2.99. The minimum Gasteiger partial charge on any atom is -0.267 e. The van der Waals surface area contributed by atoms with Gasteiger partial charge in [-0.2, -0.15) is 10.2 Å². The molecule has 0 spiro atoms. The van der Waals surface area contributed by atoms with Gasteiger partial charge in [-0.1, -0.05) is 55.3 Å². The largest absolute Gasteiger partial charge is 0.292 e. The third-order valence-corrected chi connectivity index (χ3v) is 4.27. The lowest BCUT2D eigenvalue weighted by atomic mass is 10.1. The molecule has 1 N–H and O–H groups in total. The molecule has 6 nitrogen and oxygen atoms in total. The van der Waals surface area contributed by atoms with Gasteiger partial charge in [0, 0.05) is 17.0 Å². The standard InChI is InChI=1S/C20H19ClN4O2/c1-2-3-11-25-20(27)17-10-5-4-9-16(17)18(24-25)19(26)23-22-13-14-7-6-8-15(21)12-14/h4-10,12-13H,2-3,11H2,1H3,(H,23,26)/b22-13+. The number of hydrogen-bond acceptors (Lipinski definition) is 4. The van der Waals surface area contributed by atoms with Gasteiger partial charge in [-0.05, 0) is 30.2 Å². The summed E-state index contributed by atoms with van der Waals surface area (Å²) < 4.78 is 1.35. The van der Waals surface area contributed by atoms with Gasteiger partial charge in [-0.3, -0.25) is 9.59 Å². The zero-order valence-corrected chi connectivity index (χ0v) is 15.6. The highest BCUT2D eigenvalue weighted by molar-refractivity contribution is 6.30. The Morgan fingerprint density at radius 2 is 2.00 bits per heavy atom. The van der Waals surface area contributed by atoms with Crippen LogP contribution in [0.2, 0.25) is 5.02 Å². The van der Waals surface area contributed by atoms with Gasteiger partial charge >= 0.3 is 0 Å². The fourth-order valence-corrected chi connectivity index (χ4v) is 2.87. The SMILES string of the molecule is CCCCn1nc(C(=O)N/N=C/c2cccc(Cl)c2)c2ccccc2c1=O. The molecule has 0 aliphatic carbocycles. The number of carbonyl (C=O) groups excluding carboxylic acids is 1. The van der Waals surface area contributed by atoms with E-state index < -0.39 is 5.91 Å². The maximum absolute atomic E-state index is 12.6. The minimum absolute atomic E-state index is 0.171. The van der Waals surface area contributed by atoms with Gasteiger partial charge in [0.2, 0.25) is 0 Å². The van der Waals surface area contributed by atoms with E-state index in [1.54, 1.807) is 42.5 Å². The van der Waals surface area contributed by atoms with E-state index in [1.807, 2.05) is 13.0 Å². The van der Waals surface area contributed by atoms with Gasteiger partial charge in [0.05, 0.1) is 11.6 Å². The molecule has 0 saturated carbocycles. The Morgan fingerprint density at radius 3 is 2.74 bits per heavy atom. The number of nitrogens with one attached hydrogen (secondary N) is 1. The summed E-state index contributed by atoms with van der Waals surface area (Å²) in [4.78, 5) is 25.2. The van der Waals surface area contributed by atoms with Gasteiger partial charge in [-0.25, -0.2) is 10.1 Å². The summed E-state index contributed by atoms with van der Waals surface area (Å²) in [7, 11) is 0. The lowest BCUT2D eigenvalue weighted by Gasteiger charge is -2.09. The second-order valence-corrected chi connectivity index (χ2v) is 6.47. The first-order valence-corrected chi connectivity index (χ1v) is 9.06. The Kier molecular flexibility index (Phi) is 5.98. The number of hydrazone groups is 1. The van der Waals surface area contributed by atoms with E-state index in [9.17, 15) is 9.59 Å². The smallest absolute Gasteiger partial charge is 0.267 e. The lowest BCUT2D eigenvalue weighted by Crippen LogP contribution is -2.29. The number of amides is 1. The third kappa shape index (κ3) is 4.41. The van der Waals surface area contributed by atoms with Gasteiger partial charge in [0.15, 0.2) is 5.69 Å². The van der Waals surface area contributed by atoms with Crippen LogP contribution in [-0.2, 0) is 6.54 Å². The topological polar surface area (TPSA) is 76.3 Å². The van der Waals surface area contributed by atoms with Gasteiger partial charge in [-0.15, -0.1) is 0 Å². The molecule has 7 heteroatoms. The van der Waals surface area contributed by atoms with Gasteiger partial charge in [0.25, 0.3) is 11.5 Å². The number of aryl methyl sites for hydroxylation is 1. The summed E-state index contributed by atoms with van der Waals surface area (Å²) in [5, 5.41) is 9.80. The monoisotopic (exact) mass is 382 g/mol. The first-order chi connectivity index (χ1) is 13.1. The summed E-state index contributed by atoms with van der Waals surface area (Å²) >= 11 is 5.93. The van der Waals surface area contributed by atoms with Crippen molar-refractivity contribution in [1.29, 1.82) is 0 Å². The van der Waals surface area contributed by atoms with Crippen molar-refractivity contribution in [3.63, 3.8) is 0 Å². The molecule has 0 aliphatic rings. The van der Waals surface area contributed by atoms with Crippen LogP contribution in [0, 0.1) is 0 Å². The molecule has 0 fully saturated rings. The molecule has 1 amide bonds. The van der Waals surface area contributed by atoms with Crippen LogP contribution in [0.1, 0.15) is 35.8 Å². The van der Waals surface area contributed by atoms with Crippen LogP contribution in [0.5, 0.6) is 0 Å². The molecule has 0 atom stereocenters. The number of halogens is 1. The van der Waals surface area contributed by atoms with Crippen LogP contribution in [0.3, 0.4) is 0 Å². The van der Waals surface area contributed by atoms with E-state index in [0.29, 0.717) is 22.3 Å².